The number of nitrogens with zero attached hydrogens (tertiary/aromatic N) is 6. The standard InChI is InChI=1S/C21H25N9O10P2S/c22-16-10-1-2-29(17(10)25-7-24-16)14-4-11-13(38-14)6-36-42(34,43)40-12-3-9(5-35-41(32,33)39-11)37-20(12)30-8-26-15-18(30)27-21(23)28-19(15)31/h1-2,7-9,11-14,20H,3-6H2,(H,32,33)(H,34,43)(H2,22,24,25)(H3,23,27,28,31)/t9-,11-,12+,13?,14+,20+,42?/m0/s1. The third kappa shape index (κ3) is 5.49. The molecule has 3 fully saturated rings. The molecule has 3 unspecified atom stereocenters. The molecule has 2 bridgehead atoms. The molecule has 19 nitrogen and oxygen atoms in total. The van der Waals surface area contributed by atoms with Crippen LogP contribution < -0.4 is 17.0 Å². The average molecular weight is 657 g/mol. The van der Waals surface area contributed by atoms with Gasteiger partial charge in [0.1, 0.15) is 42.3 Å². The monoisotopic (exact) mass is 657 g/mol. The van der Waals surface area contributed by atoms with Crippen molar-refractivity contribution in [3.63, 3.8) is 0 Å². The highest BCUT2D eigenvalue weighted by molar-refractivity contribution is 8.07. The molecule has 4 aromatic heterocycles. The molecule has 0 amide bonds. The lowest BCUT2D eigenvalue weighted by atomic mass is 10.2. The molecular weight excluding hydrogens is 632 g/mol. The first kappa shape index (κ1) is 28.9. The summed E-state index contributed by atoms with van der Waals surface area (Å²) in [7, 11) is -4.66. The number of phosphoric acid groups is 1. The Morgan fingerprint density at radius 2 is 1.84 bits per heavy atom. The number of anilines is 2. The van der Waals surface area contributed by atoms with Crippen molar-refractivity contribution in [1.82, 2.24) is 34.1 Å². The van der Waals surface area contributed by atoms with Crippen LogP contribution in [0.1, 0.15) is 25.3 Å². The van der Waals surface area contributed by atoms with Crippen LogP contribution in [-0.2, 0) is 43.9 Å². The molecule has 3 saturated heterocycles. The molecule has 3 aliphatic rings. The second-order valence-corrected chi connectivity index (χ2v) is 14.3. The number of nitrogens with one attached hydrogen (secondary N) is 1. The van der Waals surface area contributed by atoms with E-state index in [1.165, 1.54) is 17.2 Å². The maximum absolute atomic E-state index is 13.1. The molecule has 3 aliphatic heterocycles. The van der Waals surface area contributed by atoms with Crippen molar-refractivity contribution >= 4 is 60.3 Å². The highest BCUT2D eigenvalue weighted by atomic mass is 32.5. The van der Waals surface area contributed by atoms with Gasteiger partial charge in [-0.15, -0.1) is 0 Å². The third-order valence-electron chi connectivity index (χ3n) is 7.26. The van der Waals surface area contributed by atoms with Crippen molar-refractivity contribution in [1.29, 1.82) is 0 Å². The lowest BCUT2D eigenvalue weighted by Crippen LogP contribution is -2.29. The van der Waals surface area contributed by atoms with Crippen LogP contribution >= 0.6 is 14.5 Å². The van der Waals surface area contributed by atoms with E-state index in [2.05, 4.69) is 24.9 Å². The fourth-order valence-corrected chi connectivity index (χ4v) is 7.82. The zero-order valence-corrected chi connectivity index (χ0v) is 24.5. The van der Waals surface area contributed by atoms with E-state index >= 15 is 0 Å². The molecule has 0 radical (unpaired) electrons. The molecule has 0 spiro atoms. The Hall–Kier alpha value is -2.87. The van der Waals surface area contributed by atoms with Gasteiger partial charge in [0.15, 0.2) is 17.4 Å². The predicted molar refractivity (Wildman–Crippen MR) is 150 cm³/mol. The van der Waals surface area contributed by atoms with Crippen LogP contribution in [0.15, 0.2) is 29.7 Å². The van der Waals surface area contributed by atoms with E-state index < -0.39 is 57.0 Å². The maximum Gasteiger partial charge on any atom is 0.472 e. The van der Waals surface area contributed by atoms with Gasteiger partial charge in [0, 0.05) is 19.0 Å². The zero-order chi connectivity index (χ0) is 30.1. The van der Waals surface area contributed by atoms with Gasteiger partial charge in [0.2, 0.25) is 5.95 Å². The van der Waals surface area contributed by atoms with Crippen molar-refractivity contribution in [2.75, 3.05) is 24.7 Å². The smallest absolute Gasteiger partial charge is 0.383 e. The number of hydrogen-bond acceptors (Lipinski definition) is 15. The molecule has 0 saturated carbocycles. The Kier molecular flexibility index (Phi) is 7.14. The quantitative estimate of drug-likeness (QED) is 0.183. The summed E-state index contributed by atoms with van der Waals surface area (Å²) in [5.74, 6) is 0.124. The molecule has 4 aromatic rings. The van der Waals surface area contributed by atoms with Crippen LogP contribution in [-0.4, -0.2) is 81.5 Å². The number of phosphoric ester groups is 1. The largest absolute Gasteiger partial charge is 0.472 e. The van der Waals surface area contributed by atoms with Gasteiger partial charge in [-0.2, -0.15) is 4.98 Å². The van der Waals surface area contributed by atoms with Gasteiger partial charge < -0.3 is 44.3 Å². The van der Waals surface area contributed by atoms with E-state index in [0.29, 0.717) is 11.0 Å². The summed E-state index contributed by atoms with van der Waals surface area (Å²) in [5.41, 5.74) is 11.7. The minimum atomic E-state index is -4.66. The lowest BCUT2D eigenvalue weighted by molar-refractivity contribution is -0.0625. The van der Waals surface area contributed by atoms with Crippen molar-refractivity contribution in [2.45, 2.75) is 49.7 Å². The number of rotatable bonds is 2. The summed E-state index contributed by atoms with van der Waals surface area (Å²) in [5, 5.41) is 0.596. The van der Waals surface area contributed by atoms with Gasteiger partial charge >= 0.3 is 14.5 Å². The first-order valence-corrected chi connectivity index (χ1v) is 17.0. The van der Waals surface area contributed by atoms with E-state index in [9.17, 15) is 19.1 Å². The van der Waals surface area contributed by atoms with E-state index in [-0.39, 0.29) is 49.0 Å². The molecular formula is C21H25N9O10P2S. The van der Waals surface area contributed by atoms with Gasteiger partial charge in [-0.05, 0) is 17.9 Å². The van der Waals surface area contributed by atoms with Crippen LogP contribution in [0.5, 0.6) is 0 Å². The first-order chi connectivity index (χ1) is 20.5. The molecule has 7 rings (SSSR count). The number of imidazole rings is 1. The normalized spacial score (nSPS) is 35.4. The second kappa shape index (κ2) is 10.6. The van der Waals surface area contributed by atoms with Crippen molar-refractivity contribution in [3.8, 4) is 0 Å². The Balaban J connectivity index is 1.17. The third-order valence-corrected chi connectivity index (χ3v) is 9.86. The van der Waals surface area contributed by atoms with Crippen LogP contribution in [0.2, 0.25) is 0 Å². The minimum Gasteiger partial charge on any atom is -0.383 e. The number of aromatic amines is 1. The number of H-pyrrole nitrogens is 1. The van der Waals surface area contributed by atoms with Crippen LogP contribution in [0.4, 0.5) is 11.8 Å². The number of fused-ring (bicyclic) bond motifs is 5. The molecule has 0 aliphatic carbocycles. The highest BCUT2D eigenvalue weighted by Crippen LogP contribution is 2.53. The lowest BCUT2D eigenvalue weighted by Gasteiger charge is -2.27. The summed E-state index contributed by atoms with van der Waals surface area (Å²) in [6.45, 7) is -4.71. The number of aromatic nitrogens is 7. The van der Waals surface area contributed by atoms with Crippen molar-refractivity contribution in [3.05, 3.63) is 35.3 Å². The topological polar surface area (TPSA) is 259 Å². The Bertz CT molecular complexity index is 1870. The SMILES string of the molecule is Nc1nc2c(ncn2[C@@H]2O[C@@H]3COP(=O)(O)O[C@H]4C[C@H](n5ccc6c(N)ncnc65)OC4COP(O)(=S)O[C@@H]2C3)c(=O)[nH]1. The molecule has 7 N–H and O–H groups in total. The number of nitrogens with two attached hydrogens (primary N) is 2. The first-order valence-electron chi connectivity index (χ1n) is 12.9. The summed E-state index contributed by atoms with van der Waals surface area (Å²) in [6, 6.07) is 1.72. The van der Waals surface area contributed by atoms with Crippen LogP contribution in [0, 0.1) is 0 Å². The number of nitrogen functional groups attached to an aromatic ring is 2. The average Bonchev–Trinajstić information content (AvgIpc) is 3.71. The van der Waals surface area contributed by atoms with Gasteiger partial charge in [-0.25, -0.2) is 19.5 Å². The van der Waals surface area contributed by atoms with Crippen LogP contribution in [0.3, 0.4) is 0 Å². The predicted octanol–water partition coefficient (Wildman–Crippen LogP) is 0.438. The molecule has 230 valence electrons. The maximum atomic E-state index is 13.1. The van der Waals surface area contributed by atoms with Gasteiger partial charge in [0.25, 0.3) is 5.56 Å². The summed E-state index contributed by atoms with van der Waals surface area (Å²) in [4.78, 5) is 52.8. The summed E-state index contributed by atoms with van der Waals surface area (Å²) < 4.78 is 50.7. The molecule has 8 atom stereocenters. The number of ether oxygens (including phenoxy) is 2. The van der Waals surface area contributed by atoms with Gasteiger partial charge in [-0.1, -0.05) is 0 Å². The summed E-state index contributed by atoms with van der Waals surface area (Å²) >= 11 is 5.31. The minimum absolute atomic E-state index is 0.0119. The van der Waals surface area contributed by atoms with Gasteiger partial charge in [0.05, 0.1) is 31.0 Å². The molecule has 43 heavy (non-hydrogen) atoms. The second-order valence-electron chi connectivity index (χ2n) is 10.1. The van der Waals surface area contributed by atoms with Gasteiger partial charge in [-0.3, -0.25) is 23.4 Å². The molecule has 0 aromatic carbocycles. The Labute approximate surface area is 245 Å². The molecule has 7 heterocycles. The van der Waals surface area contributed by atoms with Crippen molar-refractivity contribution < 1.29 is 41.9 Å². The summed E-state index contributed by atoms with van der Waals surface area (Å²) in [6.07, 6.45) is -1.07. The Morgan fingerprint density at radius 1 is 1.00 bits per heavy atom. The van der Waals surface area contributed by atoms with E-state index in [4.69, 9.17) is 50.8 Å². The zero-order valence-electron chi connectivity index (χ0n) is 21.9. The Morgan fingerprint density at radius 3 is 2.67 bits per heavy atom. The van der Waals surface area contributed by atoms with E-state index in [0.717, 1.165) is 0 Å². The fourth-order valence-electron chi connectivity index (χ4n) is 5.40. The van der Waals surface area contributed by atoms with Crippen molar-refractivity contribution in [2.24, 2.45) is 0 Å². The van der Waals surface area contributed by atoms with E-state index in [1.807, 2.05) is 0 Å². The molecule has 22 heteroatoms. The van der Waals surface area contributed by atoms with Crippen LogP contribution in [0.25, 0.3) is 22.2 Å². The number of hydrogen-bond donors (Lipinski definition) is 5. The van der Waals surface area contributed by atoms with E-state index in [1.54, 1.807) is 16.8 Å². The fraction of sp³-hybridized carbons (Fsp3) is 0.476. The highest BCUT2D eigenvalue weighted by Gasteiger charge is 2.46.